The highest BCUT2D eigenvalue weighted by atomic mass is 19.2. The summed E-state index contributed by atoms with van der Waals surface area (Å²) in [5, 5.41) is 29.8. The quantitative estimate of drug-likeness (QED) is 0.0626. The maximum absolute atomic E-state index is 14.7. The van der Waals surface area contributed by atoms with E-state index in [1.54, 1.807) is 18.3 Å². The van der Waals surface area contributed by atoms with E-state index in [1.165, 1.54) is 171 Å². The molecule has 0 N–H and O–H groups in total. The van der Waals surface area contributed by atoms with Crippen molar-refractivity contribution in [3.8, 4) is 95.2 Å². The summed E-state index contributed by atoms with van der Waals surface area (Å²) >= 11 is 0. The Kier molecular flexibility index (Phi) is 19.9. The van der Waals surface area contributed by atoms with E-state index in [0.717, 1.165) is 110 Å². The summed E-state index contributed by atoms with van der Waals surface area (Å²) in [5.74, 6) is -9.15. The number of nitrogens with zero attached hydrogens (tertiary/aromatic N) is 7. The number of hydrogen-bond donors (Lipinski definition) is 0. The number of rotatable bonds is 9. The van der Waals surface area contributed by atoms with Crippen molar-refractivity contribution >= 4 is 179 Å². The van der Waals surface area contributed by atoms with E-state index in [9.17, 15) is 22.0 Å². The molecule has 0 saturated carbocycles. The molecule has 6 heterocycles. The Bertz CT molecular complexity index is 10900. The average Bonchev–Trinajstić information content (AvgIpc) is 1.52. The van der Waals surface area contributed by atoms with E-state index in [1.807, 2.05) is 71.4 Å². The second-order valence-electron chi connectivity index (χ2n) is 39.6. The number of halogens is 5. The van der Waals surface area contributed by atoms with Crippen molar-refractivity contribution in [2.45, 2.75) is 19.3 Å². The molecule has 0 spiro atoms. The fraction of sp³-hybridized carbons (Fsp3) is 0.0217. The summed E-state index contributed by atoms with van der Waals surface area (Å²) in [4.78, 5) is 14.5. The fourth-order valence-electron chi connectivity index (χ4n) is 24.7. The van der Waals surface area contributed by atoms with Gasteiger partial charge in [0.1, 0.15) is 0 Å². The molecule has 30 aromatic rings. The van der Waals surface area contributed by atoms with Crippen LogP contribution in [0.3, 0.4) is 0 Å². The van der Waals surface area contributed by atoms with Crippen LogP contribution in [0.25, 0.3) is 274 Å². The van der Waals surface area contributed by atoms with Gasteiger partial charge in [0.15, 0.2) is 23.3 Å². The Balaban J connectivity index is 0.000000106. The molecule has 24 aromatic carbocycles. The first-order valence-corrected chi connectivity index (χ1v) is 50.6. The molecule has 0 unspecified atom stereocenters. The molecule has 7 nitrogen and oxygen atoms in total. The average molecular weight is 1940 g/mol. The molecule has 6 aromatic heterocycles. The van der Waals surface area contributed by atoms with Crippen LogP contribution in [-0.2, 0) is 5.41 Å². The SMILES string of the molecule is CC1(C)c2ccccc2-c2ccc(-n3c4ccccc4c4c5ccccc5c5cc(-c6ccc(-c7cn8cccnc8n7)cc6)c6ccccc6c5c43)cc21.Fc1c(F)c(F)c(-c2ccc(-c3cc4c5ccccc5c5c6ccccc6n(-c6ccccc6)c5c4c4ccccc34)cc2)c(F)c1F.c1ccc(-c2cc(-c3cc4c5ccccc5c5c6ccccc6n(-c6ccccc6)c5c4c4ccccc34)nc3ccccc23)cc1. The van der Waals surface area contributed by atoms with Crippen molar-refractivity contribution in [3.05, 3.63) is 514 Å². The van der Waals surface area contributed by atoms with Gasteiger partial charge in [-0.15, -0.1) is 0 Å². The molecule has 0 radical (unpaired) electrons. The zero-order valence-electron chi connectivity index (χ0n) is 81.1. The summed E-state index contributed by atoms with van der Waals surface area (Å²) in [6.07, 6.45) is 5.81. The van der Waals surface area contributed by atoms with Crippen LogP contribution in [0.1, 0.15) is 25.0 Å². The minimum Gasteiger partial charge on any atom is -0.309 e. The molecule has 0 bridgehead atoms. The molecular formula is C138H84F5N7. The maximum Gasteiger partial charge on any atom is 0.234 e. The van der Waals surface area contributed by atoms with Gasteiger partial charge in [0.25, 0.3) is 0 Å². The molecule has 31 rings (SSSR count). The molecule has 0 saturated heterocycles. The van der Waals surface area contributed by atoms with E-state index in [4.69, 9.17) is 9.97 Å². The minimum atomic E-state index is -2.18. The molecular weight excluding hydrogens is 1850 g/mol. The lowest BCUT2D eigenvalue weighted by molar-refractivity contribution is 0.381. The zero-order chi connectivity index (χ0) is 100.0. The van der Waals surface area contributed by atoms with Gasteiger partial charge in [0, 0.05) is 106 Å². The smallest absolute Gasteiger partial charge is 0.234 e. The predicted octanol–water partition coefficient (Wildman–Crippen LogP) is 37.3. The monoisotopic (exact) mass is 1930 g/mol. The largest absolute Gasteiger partial charge is 0.309 e. The number of fused-ring (bicyclic) bond motifs is 35. The van der Waals surface area contributed by atoms with Gasteiger partial charge in [-0.05, 0) is 233 Å². The zero-order valence-corrected chi connectivity index (χ0v) is 81.1. The lowest BCUT2D eigenvalue weighted by Gasteiger charge is -2.22. The van der Waals surface area contributed by atoms with E-state index in [0.29, 0.717) is 5.78 Å². The summed E-state index contributed by atoms with van der Waals surface area (Å²) in [6, 6.07) is 161. The first kappa shape index (κ1) is 87.3. The van der Waals surface area contributed by atoms with E-state index >= 15 is 0 Å². The number of para-hydroxylation sites is 6. The third-order valence-electron chi connectivity index (χ3n) is 31.3. The van der Waals surface area contributed by atoms with Crippen LogP contribution in [0.5, 0.6) is 0 Å². The van der Waals surface area contributed by atoms with Crippen molar-refractivity contribution in [3.63, 3.8) is 0 Å². The lowest BCUT2D eigenvalue weighted by Crippen LogP contribution is -2.15. The Labute approximate surface area is 856 Å². The van der Waals surface area contributed by atoms with Crippen LogP contribution >= 0.6 is 0 Å². The number of hydrogen-bond acceptors (Lipinski definition) is 3. The molecule has 12 heteroatoms. The maximum atomic E-state index is 14.7. The second kappa shape index (κ2) is 34.2. The van der Waals surface area contributed by atoms with Crippen molar-refractivity contribution in [1.29, 1.82) is 0 Å². The first-order valence-electron chi connectivity index (χ1n) is 50.6. The molecule has 1 aliphatic carbocycles. The molecule has 0 fully saturated rings. The molecule has 0 aliphatic heterocycles. The topological polar surface area (TPSA) is 57.9 Å². The summed E-state index contributed by atoms with van der Waals surface area (Å²) in [7, 11) is 0. The minimum absolute atomic E-state index is 0.102. The number of aromatic nitrogens is 7. The highest BCUT2D eigenvalue weighted by Gasteiger charge is 2.37. The standard InChI is InChI=1S/C51H34N4.C45H28N2.C42H22F5N/c1-51(2)43-18-9-7-14-36(43)37-25-24-33(28-44(37)51)55-46-19-10-8-17-40(46)47-39-16-6-4-13-35(39)42-29-41(34-12-3-5-15-38(34)48(42)49(47)55)31-20-22-32(23-21-31)45-30-54-27-11-26-52-50(54)53-45;1-3-15-29(16-4-1)37-28-41(46-40-25-13-11-21-33(37)40)38-27-39-32-20-8-10-23-35(32)43-36-24-12-14-26-42(36)47(30-17-5-2-6-18-30)45(43)44(39)34-22-9-7-19-31(34)38;43-37-34(38(44)40(46)41(47)39(37)45)24-20-18-23(19-21-24)31-22-32-27-13-5-7-15-29(27)35-30-16-8-9-17-33(30)48(25-10-2-1-3-11-25)42(35)36(32)28-14-6-4-12-26(28)31/h3-30H,1-2H3;1-28H;1-22H. The van der Waals surface area contributed by atoms with E-state index in [2.05, 4.69) is 409 Å². The Hall–Kier alpha value is -19.3. The summed E-state index contributed by atoms with van der Waals surface area (Å²) in [5.41, 5.74) is 26.2. The van der Waals surface area contributed by atoms with Crippen LogP contribution in [0.2, 0.25) is 0 Å². The van der Waals surface area contributed by atoms with Gasteiger partial charge in [-0.1, -0.05) is 378 Å². The van der Waals surface area contributed by atoms with Gasteiger partial charge in [-0.3, -0.25) is 4.40 Å². The summed E-state index contributed by atoms with van der Waals surface area (Å²) in [6.45, 7) is 4.73. The van der Waals surface area contributed by atoms with Gasteiger partial charge in [-0.25, -0.2) is 36.9 Å². The van der Waals surface area contributed by atoms with Gasteiger partial charge in [0.05, 0.1) is 55.6 Å². The number of benzene rings is 24. The van der Waals surface area contributed by atoms with Crippen molar-refractivity contribution in [2.75, 3.05) is 0 Å². The van der Waals surface area contributed by atoms with Crippen molar-refractivity contribution in [1.82, 2.24) is 33.1 Å². The third kappa shape index (κ3) is 13.3. The van der Waals surface area contributed by atoms with E-state index in [-0.39, 0.29) is 11.0 Å². The normalized spacial score (nSPS) is 12.4. The lowest BCUT2D eigenvalue weighted by atomic mass is 9.82. The van der Waals surface area contributed by atoms with Crippen molar-refractivity contribution < 1.29 is 22.0 Å². The molecule has 1 aliphatic rings. The van der Waals surface area contributed by atoms with Gasteiger partial charge < -0.3 is 13.7 Å². The van der Waals surface area contributed by atoms with E-state index < -0.39 is 34.6 Å². The molecule has 0 atom stereocenters. The fourth-order valence-corrected chi connectivity index (χ4v) is 24.7. The van der Waals surface area contributed by atoms with Gasteiger partial charge in [-0.2, -0.15) is 0 Å². The second-order valence-corrected chi connectivity index (χ2v) is 39.6. The van der Waals surface area contributed by atoms with Gasteiger partial charge >= 0.3 is 0 Å². The van der Waals surface area contributed by atoms with Crippen LogP contribution in [0.4, 0.5) is 22.0 Å². The molecule has 706 valence electrons. The van der Waals surface area contributed by atoms with Crippen molar-refractivity contribution in [2.24, 2.45) is 0 Å². The Morgan fingerprint density at radius 2 is 0.560 bits per heavy atom. The van der Waals surface area contributed by atoms with Crippen LogP contribution in [0, 0.1) is 29.1 Å². The Morgan fingerprint density at radius 3 is 1.03 bits per heavy atom. The highest BCUT2D eigenvalue weighted by Crippen LogP contribution is 2.55. The third-order valence-corrected chi connectivity index (χ3v) is 31.3. The number of pyridine rings is 1. The highest BCUT2D eigenvalue weighted by molar-refractivity contribution is 6.41. The Morgan fingerprint density at radius 1 is 0.220 bits per heavy atom. The first-order chi connectivity index (χ1) is 73.8. The van der Waals surface area contributed by atoms with Crippen LogP contribution in [-0.4, -0.2) is 33.1 Å². The summed E-state index contributed by atoms with van der Waals surface area (Å²) < 4.78 is 80.5. The predicted molar refractivity (Wildman–Crippen MR) is 612 cm³/mol. The van der Waals surface area contributed by atoms with Gasteiger partial charge in [0.2, 0.25) is 11.6 Å². The van der Waals surface area contributed by atoms with Crippen LogP contribution in [0.15, 0.2) is 474 Å². The molecule has 150 heavy (non-hydrogen) atoms. The molecule has 0 amide bonds. The number of imidazole rings is 1. The van der Waals surface area contributed by atoms with Crippen LogP contribution < -0.4 is 0 Å².